The molecule has 0 spiro atoms. The van der Waals surface area contributed by atoms with E-state index in [1.54, 1.807) is 25.2 Å². The van der Waals surface area contributed by atoms with E-state index in [2.05, 4.69) is 4.99 Å². The molecule has 0 saturated carbocycles. The maximum Gasteiger partial charge on any atom is 0.299 e. The van der Waals surface area contributed by atoms with E-state index in [4.69, 9.17) is 44.3 Å². The van der Waals surface area contributed by atoms with Crippen LogP contribution < -0.4 is 14.4 Å². The van der Waals surface area contributed by atoms with Gasteiger partial charge in [-0.05, 0) is 12.1 Å². The highest BCUT2D eigenvalue weighted by Crippen LogP contribution is 2.36. The van der Waals surface area contributed by atoms with E-state index in [1.165, 1.54) is 25.5 Å². The van der Waals surface area contributed by atoms with Crippen LogP contribution in [0.5, 0.6) is 11.5 Å². The minimum atomic E-state index is -2.08. The summed E-state index contributed by atoms with van der Waals surface area (Å²) < 4.78 is 8.39. The first-order valence-corrected chi connectivity index (χ1v) is 6.53. The first-order valence-electron chi connectivity index (χ1n) is 5.40. The number of ether oxygens (including phenoxy) is 2. The Morgan fingerprint density at radius 1 is 1.25 bits per heavy atom. The van der Waals surface area contributed by atoms with Crippen molar-refractivity contribution >= 4 is 52.7 Å². The molecule has 8 heteroatoms. The molecule has 1 aromatic carbocycles. The van der Waals surface area contributed by atoms with E-state index in [-0.39, 0.29) is 0 Å². The monoisotopic (exact) mass is 338 g/mol. The van der Waals surface area contributed by atoms with Crippen LogP contribution in [-0.2, 0) is 4.79 Å². The van der Waals surface area contributed by atoms with Crippen molar-refractivity contribution in [2.75, 3.05) is 26.2 Å². The summed E-state index contributed by atoms with van der Waals surface area (Å²) in [6.45, 7) is 0. The number of carbonyl (C=O) groups is 1. The van der Waals surface area contributed by atoms with Crippen LogP contribution in [0.4, 0.5) is 5.69 Å². The van der Waals surface area contributed by atoms with Crippen molar-refractivity contribution in [2.24, 2.45) is 4.99 Å². The van der Waals surface area contributed by atoms with Gasteiger partial charge in [-0.1, -0.05) is 40.9 Å². The van der Waals surface area contributed by atoms with Gasteiger partial charge in [0.15, 0.2) is 0 Å². The SMILES string of the molecule is COc1cccc(OC)c1N(C)C=NC(=O)C(Cl)(Cl)Cl. The summed E-state index contributed by atoms with van der Waals surface area (Å²) in [6, 6.07) is 5.27. The molecule has 0 aliphatic rings. The minimum Gasteiger partial charge on any atom is -0.494 e. The molecule has 0 fully saturated rings. The maximum absolute atomic E-state index is 11.4. The lowest BCUT2D eigenvalue weighted by atomic mass is 10.2. The number of carbonyl (C=O) groups excluding carboxylic acids is 1. The summed E-state index contributed by atoms with van der Waals surface area (Å²) >= 11 is 16.3. The van der Waals surface area contributed by atoms with E-state index in [0.29, 0.717) is 17.2 Å². The van der Waals surface area contributed by atoms with Gasteiger partial charge in [0, 0.05) is 7.05 Å². The van der Waals surface area contributed by atoms with Crippen molar-refractivity contribution in [2.45, 2.75) is 3.79 Å². The molecule has 0 bridgehead atoms. The number of hydrogen-bond donors (Lipinski definition) is 0. The van der Waals surface area contributed by atoms with Crippen LogP contribution in [0.15, 0.2) is 23.2 Å². The molecule has 0 aliphatic heterocycles. The minimum absolute atomic E-state index is 0.555. The van der Waals surface area contributed by atoms with E-state index >= 15 is 0 Å². The Bertz CT molecular complexity index is 493. The molecule has 0 atom stereocenters. The smallest absolute Gasteiger partial charge is 0.299 e. The van der Waals surface area contributed by atoms with Crippen molar-refractivity contribution in [1.82, 2.24) is 0 Å². The molecule has 0 heterocycles. The molecule has 0 aromatic heterocycles. The van der Waals surface area contributed by atoms with Crippen molar-refractivity contribution < 1.29 is 14.3 Å². The van der Waals surface area contributed by atoms with Gasteiger partial charge < -0.3 is 14.4 Å². The van der Waals surface area contributed by atoms with Crippen LogP contribution in [0.3, 0.4) is 0 Å². The van der Waals surface area contributed by atoms with Crippen LogP contribution in [0.1, 0.15) is 0 Å². The number of rotatable bonds is 4. The van der Waals surface area contributed by atoms with Crippen molar-refractivity contribution in [3.63, 3.8) is 0 Å². The highest BCUT2D eigenvalue weighted by molar-refractivity contribution is 6.76. The fourth-order valence-electron chi connectivity index (χ4n) is 1.45. The molecule has 1 rings (SSSR count). The number of alkyl halides is 3. The summed E-state index contributed by atoms with van der Waals surface area (Å²) in [5, 5.41) is 0. The molecule has 0 N–H and O–H groups in total. The Labute approximate surface area is 132 Å². The summed E-state index contributed by atoms with van der Waals surface area (Å²) in [5.41, 5.74) is 0.596. The lowest BCUT2D eigenvalue weighted by molar-refractivity contribution is -0.116. The van der Waals surface area contributed by atoms with Gasteiger partial charge in [-0.25, -0.2) is 0 Å². The first kappa shape index (κ1) is 16.9. The van der Waals surface area contributed by atoms with Gasteiger partial charge in [0.25, 0.3) is 9.70 Å². The van der Waals surface area contributed by atoms with Crippen LogP contribution in [0, 0.1) is 0 Å². The van der Waals surface area contributed by atoms with Crippen LogP contribution in [0.2, 0.25) is 0 Å². The number of benzene rings is 1. The van der Waals surface area contributed by atoms with Crippen LogP contribution >= 0.6 is 34.8 Å². The standard InChI is InChI=1S/C12H13Cl3N2O3/c1-17(7-16-11(18)12(13,14)15)10-8(19-2)5-4-6-9(10)20-3/h4-7H,1-3H3. The number of nitrogens with zero attached hydrogens (tertiary/aromatic N) is 2. The number of methoxy groups -OCH3 is 2. The van der Waals surface area contributed by atoms with E-state index in [9.17, 15) is 4.79 Å². The third kappa shape index (κ3) is 4.16. The van der Waals surface area contributed by atoms with Crippen LogP contribution in [-0.4, -0.2) is 37.3 Å². The highest BCUT2D eigenvalue weighted by Gasteiger charge is 2.30. The largest absolute Gasteiger partial charge is 0.494 e. The molecular weight excluding hydrogens is 327 g/mol. The van der Waals surface area contributed by atoms with Gasteiger partial charge in [0.2, 0.25) is 0 Å². The lowest BCUT2D eigenvalue weighted by Gasteiger charge is -2.19. The van der Waals surface area contributed by atoms with Crippen molar-refractivity contribution in [3.8, 4) is 11.5 Å². The molecule has 0 radical (unpaired) electrons. The van der Waals surface area contributed by atoms with E-state index < -0.39 is 9.70 Å². The second-order valence-corrected chi connectivity index (χ2v) is 5.95. The zero-order valence-corrected chi connectivity index (χ0v) is 13.3. The van der Waals surface area contributed by atoms with Gasteiger partial charge in [-0.15, -0.1) is 0 Å². The molecule has 5 nitrogen and oxygen atoms in total. The molecular formula is C12H13Cl3N2O3. The summed E-state index contributed by atoms with van der Waals surface area (Å²) in [5.74, 6) is 0.225. The lowest BCUT2D eigenvalue weighted by Crippen LogP contribution is -2.21. The van der Waals surface area contributed by atoms with Gasteiger partial charge >= 0.3 is 0 Å². The Kier molecular flexibility index (Phi) is 5.92. The average molecular weight is 340 g/mol. The van der Waals surface area contributed by atoms with Gasteiger partial charge in [-0.2, -0.15) is 4.99 Å². The quantitative estimate of drug-likeness (QED) is 0.480. The molecule has 110 valence electrons. The second-order valence-electron chi connectivity index (χ2n) is 3.67. The molecule has 0 aliphatic carbocycles. The van der Waals surface area contributed by atoms with Gasteiger partial charge in [-0.3, -0.25) is 4.79 Å². The van der Waals surface area contributed by atoms with Crippen molar-refractivity contribution in [1.29, 1.82) is 0 Å². The third-order valence-corrected chi connectivity index (χ3v) is 2.83. The number of hydrogen-bond acceptors (Lipinski definition) is 3. The second kappa shape index (κ2) is 7.02. The predicted molar refractivity (Wildman–Crippen MR) is 81.7 cm³/mol. The number of amides is 1. The Balaban J connectivity index is 3.06. The van der Waals surface area contributed by atoms with Gasteiger partial charge in [0.1, 0.15) is 17.2 Å². The fraction of sp³-hybridized carbons (Fsp3) is 0.333. The van der Waals surface area contributed by atoms with Crippen LogP contribution in [0.25, 0.3) is 0 Å². The normalized spacial score (nSPS) is 11.5. The number of anilines is 1. The average Bonchev–Trinajstić information content (AvgIpc) is 2.42. The predicted octanol–water partition coefficient (Wildman–Crippen LogP) is 3.07. The fourth-order valence-corrected chi connectivity index (χ4v) is 1.60. The number of halogens is 3. The summed E-state index contributed by atoms with van der Waals surface area (Å²) in [7, 11) is 4.71. The molecule has 1 amide bonds. The molecule has 20 heavy (non-hydrogen) atoms. The molecule has 0 unspecified atom stereocenters. The van der Waals surface area contributed by atoms with E-state index in [1.807, 2.05) is 0 Å². The Morgan fingerprint density at radius 3 is 2.15 bits per heavy atom. The zero-order chi connectivity index (χ0) is 15.3. The van der Waals surface area contributed by atoms with Gasteiger partial charge in [0.05, 0.1) is 20.6 Å². The zero-order valence-electron chi connectivity index (χ0n) is 11.1. The molecule has 0 saturated heterocycles. The first-order chi connectivity index (χ1) is 9.31. The summed E-state index contributed by atoms with van der Waals surface area (Å²) in [4.78, 5) is 16.5. The number of para-hydroxylation sites is 1. The van der Waals surface area contributed by atoms with E-state index in [0.717, 1.165) is 0 Å². The third-order valence-electron chi connectivity index (χ3n) is 2.35. The highest BCUT2D eigenvalue weighted by atomic mass is 35.6. The maximum atomic E-state index is 11.4. The Hall–Kier alpha value is -1.17. The summed E-state index contributed by atoms with van der Waals surface area (Å²) in [6.07, 6.45) is 1.23. The van der Waals surface area contributed by atoms with Crippen molar-refractivity contribution in [3.05, 3.63) is 18.2 Å². The molecule has 1 aromatic rings. The Morgan fingerprint density at radius 2 is 1.75 bits per heavy atom. The number of aliphatic imine (C=N–C) groups is 1. The topological polar surface area (TPSA) is 51.1 Å².